The Balaban J connectivity index is 1.60. The lowest BCUT2D eigenvalue weighted by Gasteiger charge is -2.44. The predicted octanol–water partition coefficient (Wildman–Crippen LogP) is 3.63. The number of hydrogen-bond acceptors (Lipinski definition) is 4. The summed E-state index contributed by atoms with van der Waals surface area (Å²) in [5, 5.41) is 9.04. The highest BCUT2D eigenvalue weighted by Crippen LogP contribution is 2.33. The van der Waals surface area contributed by atoms with Crippen LogP contribution < -0.4 is 5.32 Å². The van der Waals surface area contributed by atoms with E-state index in [1.165, 1.54) is 31.5 Å². The number of piperidine rings is 3. The van der Waals surface area contributed by atoms with Gasteiger partial charge in [0.15, 0.2) is 11.4 Å². The molecule has 3 aliphatic heterocycles. The third-order valence-electron chi connectivity index (χ3n) is 5.32. The lowest BCUT2D eigenvalue weighted by Crippen LogP contribution is -2.53. The number of nitrogens with one attached hydrogen (secondary N) is 1. The molecule has 0 spiro atoms. The van der Waals surface area contributed by atoms with E-state index in [2.05, 4.69) is 54.3 Å². The van der Waals surface area contributed by atoms with Crippen LogP contribution in [0.5, 0.6) is 0 Å². The highest BCUT2D eigenvalue weighted by Gasteiger charge is 2.34. The van der Waals surface area contributed by atoms with Crippen molar-refractivity contribution in [3.63, 3.8) is 0 Å². The molecule has 1 aromatic heterocycles. The van der Waals surface area contributed by atoms with Gasteiger partial charge in [0.2, 0.25) is 0 Å². The third kappa shape index (κ3) is 2.39. The number of nitrogens with zero attached hydrogens (tertiary/aromatic N) is 2. The van der Waals surface area contributed by atoms with Crippen molar-refractivity contribution in [2.75, 3.05) is 25.0 Å². The van der Waals surface area contributed by atoms with E-state index >= 15 is 0 Å². The first-order valence-corrected chi connectivity index (χ1v) is 8.39. The molecule has 118 valence electrons. The highest BCUT2D eigenvalue weighted by molar-refractivity contribution is 5.88. The Morgan fingerprint density at radius 3 is 2.64 bits per heavy atom. The minimum absolute atomic E-state index is 0.129. The fourth-order valence-electron chi connectivity index (χ4n) is 3.81. The standard InChI is InChI=1S/C18H25N3O/c1-18(2,3)13-4-5-14-16(10-13)22-20-17(14)19-15-11-21-8-6-12(15)7-9-21/h4-5,10,12,15H,6-9,11H2,1-3H3,(H,19,20)/t15-/m0/s1. The maximum Gasteiger partial charge on any atom is 0.177 e. The van der Waals surface area contributed by atoms with Crippen molar-refractivity contribution < 1.29 is 4.52 Å². The van der Waals surface area contributed by atoms with E-state index in [-0.39, 0.29) is 5.41 Å². The van der Waals surface area contributed by atoms with Gasteiger partial charge in [0.05, 0.1) is 5.39 Å². The van der Waals surface area contributed by atoms with E-state index in [9.17, 15) is 0 Å². The van der Waals surface area contributed by atoms with Gasteiger partial charge in [-0.2, -0.15) is 0 Å². The summed E-state index contributed by atoms with van der Waals surface area (Å²) in [6, 6.07) is 6.99. The number of aromatic nitrogens is 1. The molecule has 1 N–H and O–H groups in total. The first kappa shape index (κ1) is 14.1. The summed E-state index contributed by atoms with van der Waals surface area (Å²) in [6.45, 7) is 10.3. The summed E-state index contributed by atoms with van der Waals surface area (Å²) in [7, 11) is 0. The van der Waals surface area contributed by atoms with Crippen molar-refractivity contribution in [2.24, 2.45) is 5.92 Å². The second-order valence-corrected chi connectivity index (χ2v) is 7.88. The maximum atomic E-state index is 5.58. The Labute approximate surface area is 131 Å². The van der Waals surface area contributed by atoms with E-state index in [1.807, 2.05) is 0 Å². The molecule has 1 atom stereocenters. The predicted molar refractivity (Wildman–Crippen MR) is 89.3 cm³/mol. The molecule has 3 fully saturated rings. The molecule has 2 bridgehead atoms. The van der Waals surface area contributed by atoms with E-state index in [4.69, 9.17) is 4.52 Å². The third-order valence-corrected chi connectivity index (χ3v) is 5.32. The number of anilines is 1. The highest BCUT2D eigenvalue weighted by atomic mass is 16.5. The quantitative estimate of drug-likeness (QED) is 0.919. The first-order chi connectivity index (χ1) is 10.5. The minimum Gasteiger partial charge on any atom is -0.362 e. The summed E-state index contributed by atoms with van der Waals surface area (Å²) >= 11 is 0. The first-order valence-electron chi connectivity index (χ1n) is 8.39. The SMILES string of the molecule is CC(C)(C)c1ccc2c(N[C@H]3CN4CCC3CC4)noc2c1. The van der Waals surface area contributed by atoms with Crippen LogP contribution in [0.2, 0.25) is 0 Å². The van der Waals surface area contributed by atoms with Crippen molar-refractivity contribution >= 4 is 16.8 Å². The average Bonchev–Trinajstić information content (AvgIpc) is 2.90. The van der Waals surface area contributed by atoms with E-state index < -0.39 is 0 Å². The molecule has 4 heterocycles. The lowest BCUT2D eigenvalue weighted by atomic mass is 9.84. The minimum atomic E-state index is 0.129. The van der Waals surface area contributed by atoms with E-state index in [0.717, 1.165) is 29.2 Å². The number of hydrogen-bond donors (Lipinski definition) is 1. The molecule has 3 aliphatic rings. The fraction of sp³-hybridized carbons (Fsp3) is 0.611. The summed E-state index contributed by atoms with van der Waals surface area (Å²) in [4.78, 5) is 2.55. The average molecular weight is 299 g/mol. The topological polar surface area (TPSA) is 41.3 Å². The van der Waals surface area contributed by atoms with Crippen LogP contribution in [0.1, 0.15) is 39.2 Å². The molecule has 0 radical (unpaired) electrons. The van der Waals surface area contributed by atoms with Crippen molar-refractivity contribution in [2.45, 2.75) is 45.1 Å². The summed E-state index contributed by atoms with van der Waals surface area (Å²) in [6.07, 6.45) is 2.61. The molecule has 1 aromatic carbocycles. The van der Waals surface area contributed by atoms with Gasteiger partial charge in [-0.3, -0.25) is 0 Å². The van der Waals surface area contributed by atoms with Crippen LogP contribution in [0.15, 0.2) is 22.7 Å². The van der Waals surface area contributed by atoms with Crippen molar-refractivity contribution in [3.05, 3.63) is 23.8 Å². The van der Waals surface area contributed by atoms with Gasteiger partial charge in [0.25, 0.3) is 0 Å². The molecule has 2 aromatic rings. The number of benzene rings is 1. The van der Waals surface area contributed by atoms with E-state index in [0.29, 0.717) is 6.04 Å². The van der Waals surface area contributed by atoms with Crippen LogP contribution in [0.3, 0.4) is 0 Å². The molecule has 3 saturated heterocycles. The Morgan fingerprint density at radius 2 is 2.00 bits per heavy atom. The van der Waals surface area contributed by atoms with Gasteiger partial charge in [0.1, 0.15) is 0 Å². The second kappa shape index (κ2) is 4.98. The van der Waals surface area contributed by atoms with Gasteiger partial charge in [-0.15, -0.1) is 0 Å². The Bertz CT molecular complexity index is 677. The van der Waals surface area contributed by atoms with Crippen molar-refractivity contribution in [1.82, 2.24) is 10.1 Å². The van der Waals surface area contributed by atoms with Crippen LogP contribution >= 0.6 is 0 Å². The smallest absolute Gasteiger partial charge is 0.177 e. The Kier molecular flexibility index (Phi) is 3.19. The Hall–Kier alpha value is -1.55. The Morgan fingerprint density at radius 1 is 1.23 bits per heavy atom. The van der Waals surface area contributed by atoms with Crippen LogP contribution in [0.4, 0.5) is 5.82 Å². The van der Waals surface area contributed by atoms with Crippen LogP contribution in [-0.2, 0) is 5.41 Å². The van der Waals surface area contributed by atoms with Crippen molar-refractivity contribution in [3.8, 4) is 0 Å². The van der Waals surface area contributed by atoms with Gasteiger partial charge in [-0.1, -0.05) is 32.0 Å². The second-order valence-electron chi connectivity index (χ2n) is 7.88. The molecule has 0 amide bonds. The van der Waals surface area contributed by atoms with Gasteiger partial charge in [-0.25, -0.2) is 0 Å². The molecular formula is C18H25N3O. The number of rotatable bonds is 2. The number of fused-ring (bicyclic) bond motifs is 4. The van der Waals surface area contributed by atoms with Crippen LogP contribution in [0.25, 0.3) is 11.0 Å². The largest absolute Gasteiger partial charge is 0.362 e. The molecule has 0 saturated carbocycles. The van der Waals surface area contributed by atoms with Crippen LogP contribution in [0, 0.1) is 5.92 Å². The van der Waals surface area contributed by atoms with Crippen molar-refractivity contribution in [1.29, 1.82) is 0 Å². The van der Waals surface area contributed by atoms with Gasteiger partial charge in [-0.05, 0) is 55.0 Å². The molecule has 4 nitrogen and oxygen atoms in total. The molecular weight excluding hydrogens is 274 g/mol. The van der Waals surface area contributed by atoms with Gasteiger partial charge in [0, 0.05) is 12.6 Å². The van der Waals surface area contributed by atoms with Gasteiger partial charge >= 0.3 is 0 Å². The summed E-state index contributed by atoms with van der Waals surface area (Å²) in [5.74, 6) is 1.69. The molecule has 22 heavy (non-hydrogen) atoms. The molecule has 4 heteroatoms. The summed E-state index contributed by atoms with van der Waals surface area (Å²) < 4.78 is 5.58. The molecule has 0 aliphatic carbocycles. The summed E-state index contributed by atoms with van der Waals surface area (Å²) in [5.41, 5.74) is 2.30. The molecule has 0 unspecified atom stereocenters. The zero-order valence-corrected chi connectivity index (χ0v) is 13.7. The fourth-order valence-corrected chi connectivity index (χ4v) is 3.81. The monoisotopic (exact) mass is 299 g/mol. The zero-order valence-electron chi connectivity index (χ0n) is 13.7. The zero-order chi connectivity index (χ0) is 15.3. The molecule has 5 rings (SSSR count). The van der Waals surface area contributed by atoms with Crippen LogP contribution in [-0.4, -0.2) is 35.7 Å². The normalized spacial score (nSPS) is 28.2. The lowest BCUT2D eigenvalue weighted by molar-refractivity contribution is 0.0973. The van der Waals surface area contributed by atoms with Gasteiger partial charge < -0.3 is 14.7 Å². The maximum absolute atomic E-state index is 5.58. The van der Waals surface area contributed by atoms with E-state index in [1.54, 1.807) is 0 Å².